The smallest absolute Gasteiger partial charge is 0.118 e. The highest BCUT2D eigenvalue weighted by molar-refractivity contribution is 5.85. The lowest BCUT2D eigenvalue weighted by molar-refractivity contribution is 0.414. The predicted molar refractivity (Wildman–Crippen MR) is 63.5 cm³/mol. The van der Waals surface area contributed by atoms with Gasteiger partial charge in [-0.25, -0.2) is 0 Å². The van der Waals surface area contributed by atoms with Crippen LogP contribution in [0.1, 0.15) is 11.6 Å². The Morgan fingerprint density at radius 3 is 2.07 bits per heavy atom. The van der Waals surface area contributed by atoms with Crippen molar-refractivity contribution in [3.63, 3.8) is 0 Å². The molecule has 0 spiro atoms. The van der Waals surface area contributed by atoms with E-state index in [0.717, 1.165) is 11.3 Å². The van der Waals surface area contributed by atoms with Crippen LogP contribution in [-0.4, -0.2) is 13.7 Å². The molecule has 0 aromatic heterocycles. The first-order valence-corrected chi connectivity index (χ1v) is 3.87. The fourth-order valence-electron chi connectivity index (χ4n) is 0.987. The Hall–Kier alpha value is -0.480. The molecular weight excluding hydrogens is 223 g/mol. The minimum atomic E-state index is -0.0732. The van der Waals surface area contributed by atoms with E-state index >= 15 is 0 Å². The molecule has 0 aliphatic heterocycles. The molecule has 0 saturated carbocycles. The molecule has 0 bridgehead atoms. The first kappa shape index (κ1) is 16.0. The molecule has 14 heavy (non-hydrogen) atoms. The van der Waals surface area contributed by atoms with Crippen molar-refractivity contribution in [2.45, 2.75) is 6.04 Å². The molecule has 0 fully saturated rings. The summed E-state index contributed by atoms with van der Waals surface area (Å²) in [5.74, 6) is 0.836. The third-order valence-electron chi connectivity index (χ3n) is 1.80. The van der Waals surface area contributed by atoms with E-state index in [2.05, 4.69) is 0 Å². The van der Waals surface area contributed by atoms with Gasteiger partial charge in [0, 0.05) is 12.6 Å². The number of methoxy groups -OCH3 is 1. The van der Waals surface area contributed by atoms with E-state index in [-0.39, 0.29) is 30.9 Å². The average molecular weight is 239 g/mol. The summed E-state index contributed by atoms with van der Waals surface area (Å²) in [4.78, 5) is 0. The Balaban J connectivity index is 0. The maximum Gasteiger partial charge on any atom is 0.118 e. The molecule has 1 rings (SSSR count). The highest BCUT2D eigenvalue weighted by atomic mass is 35.5. The van der Waals surface area contributed by atoms with E-state index in [9.17, 15) is 0 Å². The van der Waals surface area contributed by atoms with Gasteiger partial charge < -0.3 is 16.2 Å². The summed E-state index contributed by atoms with van der Waals surface area (Å²) in [5, 5.41) is 0. The van der Waals surface area contributed by atoms with Gasteiger partial charge in [0.1, 0.15) is 5.75 Å². The van der Waals surface area contributed by atoms with Crippen LogP contribution in [-0.2, 0) is 0 Å². The van der Waals surface area contributed by atoms with Crippen LogP contribution in [0, 0.1) is 0 Å². The summed E-state index contributed by atoms with van der Waals surface area (Å²) < 4.78 is 5.01. The normalized spacial score (nSPS) is 10.8. The fourth-order valence-corrected chi connectivity index (χ4v) is 0.987. The number of nitrogens with two attached hydrogens (primary N) is 2. The largest absolute Gasteiger partial charge is 0.497 e. The molecule has 0 saturated heterocycles. The summed E-state index contributed by atoms with van der Waals surface area (Å²) in [5.41, 5.74) is 12.2. The lowest BCUT2D eigenvalue weighted by Gasteiger charge is -2.08. The molecule has 3 nitrogen and oxygen atoms in total. The SMILES string of the molecule is COc1ccc([C@H](N)CN)cc1.Cl.Cl. The Morgan fingerprint density at radius 1 is 1.21 bits per heavy atom. The van der Waals surface area contributed by atoms with Gasteiger partial charge >= 0.3 is 0 Å². The van der Waals surface area contributed by atoms with Gasteiger partial charge in [0.2, 0.25) is 0 Å². The second-order valence-electron chi connectivity index (χ2n) is 2.62. The second-order valence-corrected chi connectivity index (χ2v) is 2.62. The maximum atomic E-state index is 5.72. The highest BCUT2D eigenvalue weighted by Crippen LogP contribution is 2.14. The Kier molecular flexibility index (Phi) is 8.99. The van der Waals surface area contributed by atoms with Gasteiger partial charge in [-0.3, -0.25) is 0 Å². The Labute approximate surface area is 96.6 Å². The van der Waals surface area contributed by atoms with E-state index in [1.165, 1.54) is 0 Å². The molecule has 0 unspecified atom stereocenters. The molecular formula is C9H16Cl2N2O. The van der Waals surface area contributed by atoms with Crippen LogP contribution in [0.5, 0.6) is 5.75 Å². The number of halogens is 2. The lowest BCUT2D eigenvalue weighted by Crippen LogP contribution is -2.20. The van der Waals surface area contributed by atoms with Gasteiger partial charge in [-0.05, 0) is 17.7 Å². The molecule has 1 aromatic rings. The molecule has 0 aliphatic rings. The summed E-state index contributed by atoms with van der Waals surface area (Å²) >= 11 is 0. The molecule has 1 aromatic carbocycles. The van der Waals surface area contributed by atoms with Crippen LogP contribution in [0.15, 0.2) is 24.3 Å². The molecule has 82 valence electrons. The summed E-state index contributed by atoms with van der Waals surface area (Å²) in [6, 6.07) is 7.54. The van der Waals surface area contributed by atoms with Crippen LogP contribution < -0.4 is 16.2 Å². The minimum absolute atomic E-state index is 0. The number of hydrogen-bond donors (Lipinski definition) is 2. The van der Waals surface area contributed by atoms with Gasteiger partial charge in [-0.15, -0.1) is 24.8 Å². The Morgan fingerprint density at radius 2 is 1.71 bits per heavy atom. The van der Waals surface area contributed by atoms with Crippen LogP contribution in [0.4, 0.5) is 0 Å². The zero-order valence-corrected chi connectivity index (χ0v) is 9.61. The van der Waals surface area contributed by atoms with Gasteiger partial charge in [-0.1, -0.05) is 12.1 Å². The van der Waals surface area contributed by atoms with Crippen LogP contribution in [0.25, 0.3) is 0 Å². The van der Waals surface area contributed by atoms with Gasteiger partial charge in [-0.2, -0.15) is 0 Å². The van der Waals surface area contributed by atoms with Gasteiger partial charge in [0.15, 0.2) is 0 Å². The summed E-state index contributed by atoms with van der Waals surface area (Å²) in [6.45, 7) is 0.465. The third kappa shape index (κ3) is 4.15. The molecule has 0 heterocycles. The first-order valence-electron chi connectivity index (χ1n) is 3.87. The molecule has 4 N–H and O–H groups in total. The maximum absolute atomic E-state index is 5.72. The zero-order valence-electron chi connectivity index (χ0n) is 7.97. The van der Waals surface area contributed by atoms with Gasteiger partial charge in [0.05, 0.1) is 7.11 Å². The van der Waals surface area contributed by atoms with E-state index in [1.807, 2.05) is 24.3 Å². The topological polar surface area (TPSA) is 61.3 Å². The van der Waals surface area contributed by atoms with E-state index in [4.69, 9.17) is 16.2 Å². The number of hydrogen-bond acceptors (Lipinski definition) is 3. The van der Waals surface area contributed by atoms with Crippen molar-refractivity contribution in [3.8, 4) is 5.75 Å². The zero-order chi connectivity index (χ0) is 8.97. The second kappa shape index (κ2) is 7.88. The summed E-state index contributed by atoms with van der Waals surface area (Å²) in [6.07, 6.45) is 0. The Bertz CT molecular complexity index is 241. The molecule has 0 amide bonds. The number of rotatable bonds is 3. The van der Waals surface area contributed by atoms with Crippen molar-refractivity contribution in [2.24, 2.45) is 11.5 Å². The summed E-state index contributed by atoms with van der Waals surface area (Å²) in [7, 11) is 1.64. The first-order chi connectivity index (χ1) is 5.77. The monoisotopic (exact) mass is 238 g/mol. The van der Waals surface area contributed by atoms with Crippen molar-refractivity contribution in [1.29, 1.82) is 0 Å². The highest BCUT2D eigenvalue weighted by Gasteiger charge is 2.01. The van der Waals surface area contributed by atoms with Crippen molar-refractivity contribution in [2.75, 3.05) is 13.7 Å². The molecule has 5 heteroatoms. The molecule has 0 aliphatic carbocycles. The standard InChI is InChI=1S/C9H14N2O.2ClH/c1-12-8-4-2-7(3-5-8)9(11)6-10;;/h2-5,9H,6,10-11H2,1H3;2*1H/t9-;;/m1../s1. The minimum Gasteiger partial charge on any atom is -0.497 e. The lowest BCUT2D eigenvalue weighted by atomic mass is 10.1. The van der Waals surface area contributed by atoms with E-state index < -0.39 is 0 Å². The van der Waals surface area contributed by atoms with Gasteiger partial charge in [0.25, 0.3) is 0 Å². The van der Waals surface area contributed by atoms with Crippen molar-refractivity contribution >= 4 is 24.8 Å². The van der Waals surface area contributed by atoms with E-state index in [1.54, 1.807) is 7.11 Å². The fraction of sp³-hybridized carbons (Fsp3) is 0.333. The van der Waals surface area contributed by atoms with Crippen molar-refractivity contribution in [3.05, 3.63) is 29.8 Å². The quantitative estimate of drug-likeness (QED) is 0.840. The number of ether oxygens (including phenoxy) is 1. The third-order valence-corrected chi connectivity index (χ3v) is 1.80. The van der Waals surface area contributed by atoms with Crippen LogP contribution in [0.3, 0.4) is 0 Å². The number of benzene rings is 1. The van der Waals surface area contributed by atoms with Crippen LogP contribution in [0.2, 0.25) is 0 Å². The molecule has 0 radical (unpaired) electrons. The predicted octanol–water partition coefficient (Wildman–Crippen LogP) is 1.50. The van der Waals surface area contributed by atoms with E-state index in [0.29, 0.717) is 6.54 Å². The van der Waals surface area contributed by atoms with Crippen LogP contribution >= 0.6 is 24.8 Å². The molecule has 1 atom stereocenters. The van der Waals surface area contributed by atoms with Crippen molar-refractivity contribution in [1.82, 2.24) is 0 Å². The average Bonchev–Trinajstić information content (AvgIpc) is 2.17. The van der Waals surface area contributed by atoms with Crippen molar-refractivity contribution < 1.29 is 4.74 Å².